The summed E-state index contributed by atoms with van der Waals surface area (Å²) in [6.07, 6.45) is 0. The van der Waals surface area contributed by atoms with Crippen LogP contribution in [0.1, 0.15) is 12.5 Å². The molecule has 1 N–H and O–H groups in total. The molecule has 3 nitrogen and oxygen atoms in total. The number of benzene rings is 2. The lowest BCUT2D eigenvalue weighted by Crippen LogP contribution is -2.04. The van der Waals surface area contributed by atoms with E-state index in [9.17, 15) is 8.42 Å². The van der Waals surface area contributed by atoms with E-state index in [-0.39, 0.29) is 5.75 Å². The first-order valence-electron chi connectivity index (χ1n) is 6.43. The second-order valence-electron chi connectivity index (χ2n) is 4.52. The average molecular weight is 389 g/mol. The van der Waals surface area contributed by atoms with E-state index >= 15 is 0 Å². The van der Waals surface area contributed by atoms with E-state index < -0.39 is 9.84 Å². The Morgan fingerprint density at radius 1 is 1.14 bits per heavy atom. The number of halogens is 2. The maximum Gasteiger partial charge on any atom is 0.178 e. The van der Waals surface area contributed by atoms with Crippen LogP contribution in [-0.4, -0.2) is 14.2 Å². The molecule has 0 aliphatic carbocycles. The number of sulfone groups is 1. The molecule has 0 saturated heterocycles. The van der Waals surface area contributed by atoms with Crippen LogP contribution in [0, 0.1) is 0 Å². The first kappa shape index (κ1) is 16.3. The molecular weight excluding hydrogens is 374 g/mol. The van der Waals surface area contributed by atoms with Crippen LogP contribution in [0.25, 0.3) is 0 Å². The van der Waals surface area contributed by atoms with Crippen molar-refractivity contribution in [2.75, 3.05) is 11.1 Å². The minimum absolute atomic E-state index is 0.109. The van der Waals surface area contributed by atoms with Gasteiger partial charge in [0.05, 0.1) is 10.6 Å². The molecule has 0 spiro atoms. The normalized spacial score (nSPS) is 11.4. The summed E-state index contributed by atoms with van der Waals surface area (Å²) in [6.45, 7) is 2.26. The average Bonchev–Trinajstić information content (AvgIpc) is 2.47. The summed E-state index contributed by atoms with van der Waals surface area (Å²) in [6, 6.07) is 12.4. The van der Waals surface area contributed by atoms with Gasteiger partial charge in [0.25, 0.3) is 0 Å². The zero-order valence-corrected chi connectivity index (χ0v) is 14.6. The third-order valence-corrected chi connectivity index (χ3v) is 5.82. The lowest BCUT2D eigenvalue weighted by molar-refractivity contribution is 0.597. The molecule has 2 rings (SSSR count). The van der Waals surface area contributed by atoms with Crippen molar-refractivity contribution >= 4 is 43.1 Å². The Balaban J connectivity index is 2.07. The number of hydrogen-bond acceptors (Lipinski definition) is 3. The number of nitrogens with one attached hydrogen (secondary N) is 1. The Morgan fingerprint density at radius 3 is 2.38 bits per heavy atom. The summed E-state index contributed by atoms with van der Waals surface area (Å²) < 4.78 is 24.4. The molecule has 0 aromatic heterocycles. The summed E-state index contributed by atoms with van der Waals surface area (Å²) in [4.78, 5) is 0.350. The molecule has 0 amide bonds. The van der Waals surface area contributed by atoms with Gasteiger partial charge in [0.15, 0.2) is 9.84 Å². The summed E-state index contributed by atoms with van der Waals surface area (Å²) in [5, 5.41) is 3.93. The molecule has 0 heterocycles. The number of rotatable bonds is 5. The Kier molecular flexibility index (Phi) is 5.30. The molecule has 2 aromatic carbocycles. The Bertz CT molecular complexity index is 730. The smallest absolute Gasteiger partial charge is 0.178 e. The van der Waals surface area contributed by atoms with E-state index in [1.165, 1.54) is 0 Å². The van der Waals surface area contributed by atoms with Gasteiger partial charge in [-0.1, -0.05) is 40.5 Å². The van der Waals surface area contributed by atoms with Crippen molar-refractivity contribution in [1.29, 1.82) is 0 Å². The predicted octanol–water partition coefficient (Wildman–Crippen LogP) is 4.51. The first-order valence-corrected chi connectivity index (χ1v) is 9.25. The minimum Gasteiger partial charge on any atom is -0.381 e. The summed E-state index contributed by atoms with van der Waals surface area (Å²) in [5.41, 5.74) is 1.94. The van der Waals surface area contributed by atoms with Gasteiger partial charge in [-0.25, -0.2) is 8.42 Å². The van der Waals surface area contributed by atoms with Crippen LogP contribution >= 0.6 is 27.5 Å². The zero-order chi connectivity index (χ0) is 15.5. The van der Waals surface area contributed by atoms with Gasteiger partial charge in [-0.2, -0.15) is 0 Å². The molecule has 0 unspecified atom stereocenters. The molecule has 112 valence electrons. The molecule has 0 fully saturated rings. The van der Waals surface area contributed by atoms with Gasteiger partial charge in [-0.15, -0.1) is 0 Å². The van der Waals surface area contributed by atoms with Gasteiger partial charge in [0.1, 0.15) is 0 Å². The van der Waals surface area contributed by atoms with Crippen LogP contribution in [0.5, 0.6) is 0 Å². The van der Waals surface area contributed by atoms with Crippen molar-refractivity contribution < 1.29 is 8.42 Å². The molecule has 21 heavy (non-hydrogen) atoms. The largest absolute Gasteiger partial charge is 0.381 e. The SMILES string of the molecule is CCS(=O)(=O)c1ccc(NCc2ccc(Cl)cc2Br)cc1. The fourth-order valence-electron chi connectivity index (χ4n) is 1.81. The summed E-state index contributed by atoms with van der Waals surface area (Å²) >= 11 is 9.36. The van der Waals surface area contributed by atoms with Gasteiger partial charge in [-0.3, -0.25) is 0 Å². The maximum absolute atomic E-state index is 11.7. The van der Waals surface area contributed by atoms with E-state index in [2.05, 4.69) is 21.2 Å². The molecule has 0 aliphatic heterocycles. The fraction of sp³-hybridized carbons (Fsp3) is 0.200. The van der Waals surface area contributed by atoms with Gasteiger partial charge in [-0.05, 0) is 42.0 Å². The zero-order valence-electron chi connectivity index (χ0n) is 11.4. The number of anilines is 1. The highest BCUT2D eigenvalue weighted by atomic mass is 79.9. The van der Waals surface area contributed by atoms with E-state index in [0.717, 1.165) is 15.7 Å². The summed E-state index contributed by atoms with van der Waals surface area (Å²) in [7, 11) is -3.14. The maximum atomic E-state index is 11.7. The topological polar surface area (TPSA) is 46.2 Å². The van der Waals surface area contributed by atoms with Crippen molar-refractivity contribution in [1.82, 2.24) is 0 Å². The van der Waals surface area contributed by atoms with Crippen LogP contribution in [0.2, 0.25) is 5.02 Å². The minimum atomic E-state index is -3.14. The lowest BCUT2D eigenvalue weighted by atomic mass is 10.2. The van der Waals surface area contributed by atoms with Crippen molar-refractivity contribution in [3.05, 3.63) is 57.5 Å². The molecule has 0 bridgehead atoms. The Morgan fingerprint density at radius 2 is 1.81 bits per heavy atom. The second kappa shape index (κ2) is 6.81. The third-order valence-electron chi connectivity index (χ3n) is 3.09. The van der Waals surface area contributed by atoms with Crippen molar-refractivity contribution in [2.45, 2.75) is 18.4 Å². The second-order valence-corrected chi connectivity index (χ2v) is 8.09. The van der Waals surface area contributed by atoms with Gasteiger partial charge >= 0.3 is 0 Å². The van der Waals surface area contributed by atoms with Crippen LogP contribution in [0.4, 0.5) is 5.69 Å². The molecule has 2 aromatic rings. The predicted molar refractivity (Wildman–Crippen MR) is 90.6 cm³/mol. The van der Waals surface area contributed by atoms with Gasteiger partial charge in [0, 0.05) is 21.7 Å². The van der Waals surface area contributed by atoms with Crippen LogP contribution in [-0.2, 0) is 16.4 Å². The Labute approximate surface area is 138 Å². The molecule has 0 aliphatic rings. The quantitative estimate of drug-likeness (QED) is 0.820. The molecule has 6 heteroatoms. The monoisotopic (exact) mass is 387 g/mol. The standard InChI is InChI=1S/C15H15BrClNO2S/c1-2-21(19,20)14-7-5-13(6-8-14)18-10-11-3-4-12(17)9-15(11)16/h3-9,18H,2,10H2,1H3. The Hall–Kier alpha value is -1.04. The number of hydrogen-bond donors (Lipinski definition) is 1. The van der Waals surface area contributed by atoms with Gasteiger partial charge in [0.2, 0.25) is 0 Å². The lowest BCUT2D eigenvalue weighted by Gasteiger charge is -2.09. The highest BCUT2D eigenvalue weighted by Gasteiger charge is 2.10. The van der Waals surface area contributed by atoms with E-state index in [1.54, 1.807) is 31.2 Å². The highest BCUT2D eigenvalue weighted by Crippen LogP contribution is 2.23. The highest BCUT2D eigenvalue weighted by molar-refractivity contribution is 9.10. The van der Waals surface area contributed by atoms with Crippen LogP contribution < -0.4 is 5.32 Å². The molecular formula is C15H15BrClNO2S. The van der Waals surface area contributed by atoms with E-state index in [0.29, 0.717) is 16.5 Å². The van der Waals surface area contributed by atoms with E-state index in [4.69, 9.17) is 11.6 Å². The molecule has 0 atom stereocenters. The first-order chi connectivity index (χ1) is 9.92. The van der Waals surface area contributed by atoms with Crippen molar-refractivity contribution in [2.24, 2.45) is 0 Å². The third kappa shape index (κ3) is 4.22. The molecule has 0 radical (unpaired) electrons. The van der Waals surface area contributed by atoms with E-state index in [1.807, 2.05) is 18.2 Å². The van der Waals surface area contributed by atoms with Crippen molar-refractivity contribution in [3.8, 4) is 0 Å². The van der Waals surface area contributed by atoms with Gasteiger partial charge < -0.3 is 5.32 Å². The van der Waals surface area contributed by atoms with Crippen LogP contribution in [0.3, 0.4) is 0 Å². The fourth-order valence-corrected chi connectivity index (χ4v) is 3.52. The summed E-state index contributed by atoms with van der Waals surface area (Å²) in [5.74, 6) is 0.109. The van der Waals surface area contributed by atoms with Crippen molar-refractivity contribution in [3.63, 3.8) is 0 Å². The van der Waals surface area contributed by atoms with Crippen LogP contribution in [0.15, 0.2) is 51.8 Å². The molecule has 0 saturated carbocycles.